The van der Waals surface area contributed by atoms with E-state index in [1.54, 1.807) is 6.92 Å². The van der Waals surface area contributed by atoms with Crippen molar-refractivity contribution in [3.63, 3.8) is 0 Å². The molecule has 1 amide bonds. The predicted octanol–water partition coefficient (Wildman–Crippen LogP) is 3.04. The summed E-state index contributed by atoms with van der Waals surface area (Å²) in [7, 11) is 0. The summed E-state index contributed by atoms with van der Waals surface area (Å²) in [5.41, 5.74) is 1.96. The first kappa shape index (κ1) is 15.2. The van der Waals surface area contributed by atoms with Crippen LogP contribution in [0.2, 0.25) is 0 Å². The molecule has 1 aliphatic rings. The number of hydrogen-bond acceptors (Lipinski definition) is 3. The Bertz CT molecular complexity index is 808. The van der Waals surface area contributed by atoms with Crippen LogP contribution < -0.4 is 10.9 Å². The van der Waals surface area contributed by atoms with Crippen LogP contribution in [-0.4, -0.2) is 15.9 Å². The van der Waals surface area contributed by atoms with E-state index < -0.39 is 0 Å². The fraction of sp³-hybridized carbons (Fsp3) is 0.278. The molecular weight excluding hydrogens is 290 g/mol. The highest BCUT2D eigenvalue weighted by atomic mass is 16.2. The Labute approximate surface area is 134 Å². The van der Waals surface area contributed by atoms with Crippen molar-refractivity contribution in [1.82, 2.24) is 9.97 Å². The Morgan fingerprint density at radius 2 is 2.17 bits per heavy atom. The summed E-state index contributed by atoms with van der Waals surface area (Å²) in [5, 5.41) is 2.96. The highest BCUT2D eigenvalue weighted by Crippen LogP contribution is 2.22. The van der Waals surface area contributed by atoms with E-state index in [9.17, 15) is 9.59 Å². The van der Waals surface area contributed by atoms with E-state index in [4.69, 9.17) is 0 Å². The Balaban J connectivity index is 1.81. The average molecular weight is 309 g/mol. The van der Waals surface area contributed by atoms with Crippen molar-refractivity contribution in [3.8, 4) is 11.4 Å². The molecule has 2 N–H and O–H groups in total. The van der Waals surface area contributed by atoms with Crippen LogP contribution in [0.4, 0.5) is 5.69 Å². The molecule has 1 heterocycles. The van der Waals surface area contributed by atoms with Crippen molar-refractivity contribution in [2.24, 2.45) is 5.92 Å². The van der Waals surface area contributed by atoms with Gasteiger partial charge in [-0.15, -0.1) is 0 Å². The first-order valence-electron chi connectivity index (χ1n) is 7.76. The minimum absolute atomic E-state index is 0.0283. The molecule has 2 aromatic rings. The zero-order valence-corrected chi connectivity index (χ0v) is 13.0. The number of amides is 1. The average Bonchev–Trinajstić information content (AvgIpc) is 2.55. The van der Waals surface area contributed by atoms with Crippen LogP contribution in [0.3, 0.4) is 0 Å². The molecule has 0 fully saturated rings. The lowest BCUT2D eigenvalue weighted by Crippen LogP contribution is -2.23. The summed E-state index contributed by atoms with van der Waals surface area (Å²) in [4.78, 5) is 30.9. The molecule has 1 aromatic carbocycles. The smallest absolute Gasteiger partial charge is 0.251 e. The second kappa shape index (κ2) is 6.60. The van der Waals surface area contributed by atoms with Crippen molar-refractivity contribution in [2.75, 3.05) is 5.32 Å². The number of allylic oxidation sites excluding steroid dienone is 2. The molecule has 0 saturated carbocycles. The number of hydrogen-bond donors (Lipinski definition) is 2. The van der Waals surface area contributed by atoms with Crippen LogP contribution in [0.1, 0.15) is 25.0 Å². The Morgan fingerprint density at radius 1 is 1.30 bits per heavy atom. The van der Waals surface area contributed by atoms with Crippen LogP contribution in [0.5, 0.6) is 0 Å². The quantitative estimate of drug-likeness (QED) is 0.856. The minimum Gasteiger partial charge on any atom is -0.326 e. The molecule has 0 saturated heterocycles. The third kappa shape index (κ3) is 3.74. The number of aryl methyl sites for hydroxylation is 1. The van der Waals surface area contributed by atoms with E-state index in [-0.39, 0.29) is 17.4 Å². The van der Waals surface area contributed by atoms with Gasteiger partial charge in [-0.3, -0.25) is 9.59 Å². The molecular formula is C18H19N3O2. The fourth-order valence-corrected chi connectivity index (χ4v) is 2.74. The third-order valence-electron chi connectivity index (χ3n) is 3.91. The molecule has 3 rings (SSSR count). The second-order valence-electron chi connectivity index (χ2n) is 5.79. The maximum absolute atomic E-state index is 12.3. The zero-order chi connectivity index (χ0) is 16.2. The standard InChI is InChI=1S/C18H19N3O2/c1-12-10-16(22)21-17(19-12)14-8-5-9-15(11-14)20-18(23)13-6-3-2-4-7-13/h2-3,5,8-11,13H,4,6-7H2,1H3,(H,20,23)(H,19,21,22)/t13-/m0/s1. The monoisotopic (exact) mass is 309 g/mol. The molecule has 1 aromatic heterocycles. The molecule has 0 aliphatic heterocycles. The zero-order valence-electron chi connectivity index (χ0n) is 13.0. The first-order chi connectivity index (χ1) is 11.1. The lowest BCUT2D eigenvalue weighted by Gasteiger charge is -2.17. The van der Waals surface area contributed by atoms with E-state index in [0.29, 0.717) is 17.2 Å². The molecule has 0 spiro atoms. The third-order valence-corrected chi connectivity index (χ3v) is 3.91. The summed E-state index contributed by atoms with van der Waals surface area (Å²) < 4.78 is 0. The van der Waals surface area contributed by atoms with Crippen molar-refractivity contribution in [2.45, 2.75) is 26.2 Å². The van der Waals surface area contributed by atoms with Gasteiger partial charge in [0.15, 0.2) is 0 Å². The number of carbonyl (C=O) groups excluding carboxylic acids is 1. The minimum atomic E-state index is -0.184. The van der Waals surface area contributed by atoms with E-state index in [0.717, 1.165) is 24.8 Å². The molecule has 0 unspecified atom stereocenters. The van der Waals surface area contributed by atoms with Gasteiger partial charge in [-0.05, 0) is 38.3 Å². The van der Waals surface area contributed by atoms with Gasteiger partial charge in [0.05, 0.1) is 0 Å². The molecule has 0 bridgehead atoms. The number of carbonyl (C=O) groups is 1. The predicted molar refractivity (Wildman–Crippen MR) is 90.1 cm³/mol. The topological polar surface area (TPSA) is 74.8 Å². The van der Waals surface area contributed by atoms with Crippen LogP contribution in [0.25, 0.3) is 11.4 Å². The lowest BCUT2D eigenvalue weighted by atomic mass is 9.93. The van der Waals surface area contributed by atoms with Crippen molar-refractivity contribution in [3.05, 3.63) is 58.5 Å². The summed E-state index contributed by atoms with van der Waals surface area (Å²) in [5.74, 6) is 0.574. The number of aromatic amines is 1. The number of anilines is 1. The molecule has 118 valence electrons. The van der Waals surface area contributed by atoms with Gasteiger partial charge < -0.3 is 10.3 Å². The number of aromatic nitrogens is 2. The summed E-state index contributed by atoms with van der Waals surface area (Å²) in [6, 6.07) is 8.82. The van der Waals surface area contributed by atoms with Gasteiger partial charge in [-0.25, -0.2) is 4.98 Å². The number of benzene rings is 1. The number of nitrogens with one attached hydrogen (secondary N) is 2. The normalized spacial score (nSPS) is 17.0. The Hall–Kier alpha value is -2.69. The van der Waals surface area contributed by atoms with Crippen LogP contribution >= 0.6 is 0 Å². The van der Waals surface area contributed by atoms with Crippen molar-refractivity contribution >= 4 is 11.6 Å². The summed E-state index contributed by atoms with van der Waals surface area (Å²) in [6.07, 6.45) is 6.80. The first-order valence-corrected chi connectivity index (χ1v) is 7.76. The lowest BCUT2D eigenvalue weighted by molar-refractivity contribution is -0.120. The van der Waals surface area contributed by atoms with E-state index in [1.165, 1.54) is 6.07 Å². The van der Waals surface area contributed by atoms with Crippen molar-refractivity contribution in [1.29, 1.82) is 0 Å². The number of H-pyrrole nitrogens is 1. The van der Waals surface area contributed by atoms with Gasteiger partial charge in [-0.2, -0.15) is 0 Å². The van der Waals surface area contributed by atoms with Crippen LogP contribution in [-0.2, 0) is 4.79 Å². The largest absolute Gasteiger partial charge is 0.326 e. The van der Waals surface area contributed by atoms with Crippen LogP contribution in [0, 0.1) is 12.8 Å². The van der Waals surface area contributed by atoms with Gasteiger partial charge in [0.2, 0.25) is 5.91 Å². The SMILES string of the molecule is Cc1cc(=O)[nH]c(-c2cccc(NC(=O)[C@H]3CC=CCC3)c2)n1. The Morgan fingerprint density at radius 3 is 2.91 bits per heavy atom. The highest BCUT2D eigenvalue weighted by molar-refractivity contribution is 5.93. The van der Waals surface area contributed by atoms with Crippen LogP contribution in [0.15, 0.2) is 47.3 Å². The van der Waals surface area contributed by atoms with Gasteiger partial charge in [-0.1, -0.05) is 24.3 Å². The second-order valence-corrected chi connectivity index (χ2v) is 5.79. The van der Waals surface area contributed by atoms with E-state index >= 15 is 0 Å². The number of nitrogens with zero attached hydrogens (tertiary/aromatic N) is 1. The van der Waals surface area contributed by atoms with Crippen molar-refractivity contribution < 1.29 is 4.79 Å². The molecule has 5 heteroatoms. The van der Waals surface area contributed by atoms with Gasteiger partial charge in [0, 0.05) is 28.9 Å². The van der Waals surface area contributed by atoms with Gasteiger partial charge in [0.1, 0.15) is 5.82 Å². The molecule has 1 atom stereocenters. The molecule has 1 aliphatic carbocycles. The van der Waals surface area contributed by atoms with E-state index in [1.807, 2.05) is 24.3 Å². The summed E-state index contributed by atoms with van der Waals surface area (Å²) >= 11 is 0. The molecule has 23 heavy (non-hydrogen) atoms. The fourth-order valence-electron chi connectivity index (χ4n) is 2.74. The van der Waals surface area contributed by atoms with E-state index in [2.05, 4.69) is 27.4 Å². The maximum Gasteiger partial charge on any atom is 0.251 e. The van der Waals surface area contributed by atoms with Gasteiger partial charge in [0.25, 0.3) is 5.56 Å². The molecule has 0 radical (unpaired) electrons. The van der Waals surface area contributed by atoms with Gasteiger partial charge >= 0.3 is 0 Å². The Kier molecular flexibility index (Phi) is 4.37. The summed E-state index contributed by atoms with van der Waals surface area (Å²) in [6.45, 7) is 1.78. The number of rotatable bonds is 3. The molecule has 5 nitrogen and oxygen atoms in total. The highest BCUT2D eigenvalue weighted by Gasteiger charge is 2.18. The maximum atomic E-state index is 12.3.